The molecule has 126 valence electrons. The number of aryl methyl sites for hydroxylation is 2. The second kappa shape index (κ2) is 5.79. The first-order valence-corrected chi connectivity index (χ1v) is 8.61. The van der Waals surface area contributed by atoms with Crippen LogP contribution in [0.15, 0.2) is 35.2 Å². The van der Waals surface area contributed by atoms with Crippen molar-refractivity contribution in [1.29, 1.82) is 0 Å². The third-order valence-corrected chi connectivity index (χ3v) is 5.15. The summed E-state index contributed by atoms with van der Waals surface area (Å²) in [6.07, 6.45) is 0. The van der Waals surface area contributed by atoms with Crippen molar-refractivity contribution >= 4 is 27.3 Å². The van der Waals surface area contributed by atoms with Crippen LogP contribution in [-0.4, -0.2) is 20.9 Å². The molecule has 0 aromatic heterocycles. The Balaban J connectivity index is 2.01. The zero-order chi connectivity index (χ0) is 17.5. The summed E-state index contributed by atoms with van der Waals surface area (Å²) in [6, 6.07) is 6.75. The van der Waals surface area contributed by atoms with Gasteiger partial charge in [-0.2, -0.15) is 0 Å². The van der Waals surface area contributed by atoms with Gasteiger partial charge in [-0.1, -0.05) is 6.07 Å². The Morgan fingerprint density at radius 1 is 1.17 bits per heavy atom. The van der Waals surface area contributed by atoms with Crippen LogP contribution in [0.5, 0.6) is 5.75 Å². The van der Waals surface area contributed by atoms with E-state index in [-0.39, 0.29) is 28.8 Å². The minimum absolute atomic E-state index is 0.000982. The summed E-state index contributed by atoms with van der Waals surface area (Å²) in [6.45, 7) is 3.11. The minimum Gasteiger partial charge on any atom is -0.482 e. The van der Waals surface area contributed by atoms with Crippen molar-refractivity contribution in [3.8, 4) is 5.75 Å². The number of rotatable bonds is 3. The molecule has 2 aromatic carbocycles. The lowest BCUT2D eigenvalue weighted by Gasteiger charge is -2.20. The largest absolute Gasteiger partial charge is 0.482 e. The van der Waals surface area contributed by atoms with Gasteiger partial charge in [0.25, 0.3) is 15.9 Å². The van der Waals surface area contributed by atoms with Crippen LogP contribution >= 0.6 is 0 Å². The van der Waals surface area contributed by atoms with Gasteiger partial charge >= 0.3 is 0 Å². The Morgan fingerprint density at radius 2 is 1.92 bits per heavy atom. The lowest BCUT2D eigenvalue weighted by Crippen LogP contribution is -2.26. The Bertz CT molecular complexity index is 941. The number of hydrogen-bond donors (Lipinski definition) is 2. The molecule has 8 heteroatoms. The highest BCUT2D eigenvalue weighted by Gasteiger charge is 2.24. The second-order valence-electron chi connectivity index (χ2n) is 5.52. The summed E-state index contributed by atoms with van der Waals surface area (Å²) in [5.41, 5.74) is 1.62. The summed E-state index contributed by atoms with van der Waals surface area (Å²) in [5, 5.41) is 2.62. The molecule has 0 spiro atoms. The Kier molecular flexibility index (Phi) is 3.92. The molecule has 1 aliphatic heterocycles. The minimum atomic E-state index is -3.94. The highest BCUT2D eigenvalue weighted by molar-refractivity contribution is 7.92. The van der Waals surface area contributed by atoms with Crippen LogP contribution in [0.4, 0.5) is 15.8 Å². The summed E-state index contributed by atoms with van der Waals surface area (Å²) < 4.78 is 46.3. The predicted octanol–water partition coefficient (Wildman–Crippen LogP) is 2.57. The van der Waals surface area contributed by atoms with E-state index in [1.165, 1.54) is 24.3 Å². The summed E-state index contributed by atoms with van der Waals surface area (Å²) in [7, 11) is -3.94. The van der Waals surface area contributed by atoms with E-state index in [9.17, 15) is 17.6 Å². The third kappa shape index (κ3) is 3.05. The van der Waals surface area contributed by atoms with Gasteiger partial charge in [0, 0.05) is 6.07 Å². The van der Waals surface area contributed by atoms with Crippen LogP contribution in [0.3, 0.4) is 0 Å². The maximum Gasteiger partial charge on any atom is 0.262 e. The molecule has 0 saturated carbocycles. The van der Waals surface area contributed by atoms with Gasteiger partial charge in [0.15, 0.2) is 6.61 Å². The van der Waals surface area contributed by atoms with Gasteiger partial charge in [-0.05, 0) is 43.2 Å². The highest BCUT2D eigenvalue weighted by Crippen LogP contribution is 2.33. The standard InChI is InChI=1S/C16H15FN2O4S/c1-9-3-4-11(17)6-12(9)19-24(21,22)15-7-14-13(5-10(15)2)18-16(20)8-23-14/h3-7,19H,8H2,1-2H3,(H,18,20). The Labute approximate surface area is 138 Å². The first kappa shape index (κ1) is 16.3. The number of fused-ring (bicyclic) bond motifs is 1. The fourth-order valence-electron chi connectivity index (χ4n) is 2.41. The molecule has 1 amide bonds. The van der Waals surface area contributed by atoms with Gasteiger partial charge in [0.05, 0.1) is 16.3 Å². The molecule has 0 fully saturated rings. The number of ether oxygens (including phenoxy) is 1. The first-order valence-electron chi connectivity index (χ1n) is 7.12. The second-order valence-corrected chi connectivity index (χ2v) is 7.17. The molecule has 0 unspecified atom stereocenters. The fourth-order valence-corrected chi connectivity index (χ4v) is 3.77. The van der Waals surface area contributed by atoms with Crippen molar-refractivity contribution < 1.29 is 22.3 Å². The molecule has 0 bridgehead atoms. The highest BCUT2D eigenvalue weighted by atomic mass is 32.2. The number of halogens is 1. The molecule has 1 aliphatic rings. The quantitative estimate of drug-likeness (QED) is 0.891. The molecular weight excluding hydrogens is 335 g/mol. The van der Waals surface area contributed by atoms with Crippen molar-refractivity contribution in [3.63, 3.8) is 0 Å². The number of hydrogen-bond acceptors (Lipinski definition) is 4. The van der Waals surface area contributed by atoms with E-state index in [4.69, 9.17) is 4.74 Å². The normalized spacial score (nSPS) is 13.7. The average Bonchev–Trinajstić information content (AvgIpc) is 2.49. The number of benzene rings is 2. The molecule has 0 aliphatic carbocycles. The SMILES string of the molecule is Cc1ccc(F)cc1NS(=O)(=O)c1cc2c(cc1C)NC(=O)CO2. The van der Waals surface area contributed by atoms with Crippen molar-refractivity contribution in [1.82, 2.24) is 0 Å². The monoisotopic (exact) mass is 350 g/mol. The van der Waals surface area contributed by atoms with Gasteiger partial charge in [0.1, 0.15) is 11.6 Å². The van der Waals surface area contributed by atoms with E-state index in [0.717, 1.165) is 6.07 Å². The number of anilines is 2. The van der Waals surface area contributed by atoms with Gasteiger partial charge in [-0.25, -0.2) is 12.8 Å². The summed E-state index contributed by atoms with van der Waals surface area (Å²) in [5.74, 6) is -0.561. The van der Waals surface area contributed by atoms with E-state index in [2.05, 4.69) is 10.0 Å². The van der Waals surface area contributed by atoms with Crippen LogP contribution in [0.2, 0.25) is 0 Å². The smallest absolute Gasteiger partial charge is 0.262 e. The number of amides is 1. The van der Waals surface area contributed by atoms with E-state index in [0.29, 0.717) is 16.8 Å². The number of sulfonamides is 1. The first-order chi connectivity index (χ1) is 11.3. The van der Waals surface area contributed by atoms with Crippen molar-refractivity contribution in [3.05, 3.63) is 47.3 Å². The number of nitrogens with one attached hydrogen (secondary N) is 2. The van der Waals surface area contributed by atoms with Gasteiger partial charge in [-0.15, -0.1) is 0 Å². The van der Waals surface area contributed by atoms with Crippen molar-refractivity contribution in [2.24, 2.45) is 0 Å². The molecule has 3 rings (SSSR count). The van der Waals surface area contributed by atoms with Crippen LogP contribution in [-0.2, 0) is 14.8 Å². The molecule has 6 nitrogen and oxygen atoms in total. The number of carbonyl (C=O) groups is 1. The third-order valence-electron chi connectivity index (χ3n) is 3.64. The lowest BCUT2D eigenvalue weighted by atomic mass is 10.2. The molecule has 0 atom stereocenters. The topological polar surface area (TPSA) is 84.5 Å². The van der Waals surface area contributed by atoms with Gasteiger partial charge in [0.2, 0.25) is 0 Å². The number of carbonyl (C=O) groups excluding carboxylic acids is 1. The Hall–Kier alpha value is -2.61. The van der Waals surface area contributed by atoms with Gasteiger partial charge in [-0.3, -0.25) is 9.52 Å². The maximum atomic E-state index is 13.4. The molecule has 24 heavy (non-hydrogen) atoms. The van der Waals surface area contributed by atoms with Crippen molar-refractivity contribution in [2.45, 2.75) is 18.7 Å². The van der Waals surface area contributed by atoms with E-state index >= 15 is 0 Å². The van der Waals surface area contributed by atoms with Crippen molar-refractivity contribution in [2.75, 3.05) is 16.6 Å². The van der Waals surface area contributed by atoms with E-state index < -0.39 is 15.8 Å². The fraction of sp³-hybridized carbons (Fsp3) is 0.188. The van der Waals surface area contributed by atoms with Crippen LogP contribution in [0.1, 0.15) is 11.1 Å². The summed E-state index contributed by atoms with van der Waals surface area (Å²) >= 11 is 0. The average molecular weight is 350 g/mol. The maximum absolute atomic E-state index is 13.4. The zero-order valence-corrected chi connectivity index (χ0v) is 13.8. The molecule has 2 N–H and O–H groups in total. The molecule has 2 aromatic rings. The van der Waals surface area contributed by atoms with E-state index in [1.54, 1.807) is 13.8 Å². The summed E-state index contributed by atoms with van der Waals surface area (Å²) in [4.78, 5) is 11.3. The zero-order valence-electron chi connectivity index (χ0n) is 13.0. The molecule has 0 saturated heterocycles. The van der Waals surface area contributed by atoms with E-state index in [1.807, 2.05) is 0 Å². The van der Waals surface area contributed by atoms with Crippen LogP contribution in [0.25, 0.3) is 0 Å². The molecule has 1 heterocycles. The van der Waals surface area contributed by atoms with Crippen LogP contribution < -0.4 is 14.8 Å². The lowest BCUT2D eigenvalue weighted by molar-refractivity contribution is -0.118. The predicted molar refractivity (Wildman–Crippen MR) is 87.2 cm³/mol. The molecule has 0 radical (unpaired) electrons. The van der Waals surface area contributed by atoms with Crippen LogP contribution in [0, 0.1) is 19.7 Å². The van der Waals surface area contributed by atoms with Gasteiger partial charge < -0.3 is 10.1 Å². The molecular formula is C16H15FN2O4S. The Morgan fingerprint density at radius 3 is 2.67 bits per heavy atom.